The van der Waals surface area contributed by atoms with Crippen LogP contribution in [0.1, 0.15) is 5.56 Å². The zero-order chi connectivity index (χ0) is 10.8. The minimum absolute atomic E-state index is 0.0680. The zero-order valence-corrected chi connectivity index (χ0v) is 7.56. The smallest absolute Gasteiger partial charge is 0.285 e. The van der Waals surface area contributed by atoms with Crippen LogP contribution in [0, 0.1) is 5.82 Å². The summed E-state index contributed by atoms with van der Waals surface area (Å²) in [5, 5.41) is 0. The summed E-state index contributed by atoms with van der Waals surface area (Å²) in [7, 11) is 1.26. The second-order valence-electron chi connectivity index (χ2n) is 2.76. The number of alkyl halides is 2. The third-order valence-corrected chi connectivity index (χ3v) is 1.83. The topological polar surface area (TPSA) is 35.2 Å². The fraction of sp³-hybridized carbons (Fsp3) is 0.333. The average Bonchev–Trinajstić information content (AvgIpc) is 2.17. The molecule has 0 radical (unpaired) electrons. The molecule has 0 amide bonds. The molecule has 5 heteroatoms. The number of nitrogens with two attached hydrogens (primary N) is 1. The molecule has 0 aromatic heterocycles. The Morgan fingerprint density at radius 3 is 2.50 bits per heavy atom. The number of hydrogen-bond acceptors (Lipinski definition) is 2. The molecule has 0 heterocycles. The van der Waals surface area contributed by atoms with Gasteiger partial charge in [0.2, 0.25) is 0 Å². The van der Waals surface area contributed by atoms with Crippen LogP contribution in [0.5, 0.6) is 5.75 Å². The molecule has 0 atom stereocenters. The maximum Gasteiger partial charge on any atom is 0.285 e. The lowest BCUT2D eigenvalue weighted by Gasteiger charge is -2.14. The molecule has 1 rings (SSSR count). The lowest BCUT2D eigenvalue weighted by Crippen LogP contribution is -2.25. The molecule has 0 spiro atoms. The summed E-state index contributed by atoms with van der Waals surface area (Å²) < 4.78 is 43.5. The number of ether oxygens (including phenoxy) is 1. The van der Waals surface area contributed by atoms with Crippen LogP contribution in [-0.4, -0.2) is 13.7 Å². The molecule has 0 bridgehead atoms. The summed E-state index contributed by atoms with van der Waals surface area (Å²) in [5.41, 5.74) is 4.41. The van der Waals surface area contributed by atoms with Crippen LogP contribution in [0.4, 0.5) is 13.2 Å². The van der Waals surface area contributed by atoms with E-state index in [4.69, 9.17) is 5.73 Å². The van der Waals surface area contributed by atoms with Gasteiger partial charge in [-0.2, -0.15) is 8.78 Å². The molecule has 0 saturated carbocycles. The van der Waals surface area contributed by atoms with Crippen molar-refractivity contribution < 1.29 is 17.9 Å². The van der Waals surface area contributed by atoms with Gasteiger partial charge in [-0.15, -0.1) is 0 Å². The van der Waals surface area contributed by atoms with Gasteiger partial charge in [0.05, 0.1) is 13.7 Å². The predicted octanol–water partition coefficient (Wildman–Crippen LogP) is 1.88. The Labute approximate surface area is 79.5 Å². The van der Waals surface area contributed by atoms with E-state index in [1.54, 1.807) is 0 Å². The zero-order valence-electron chi connectivity index (χ0n) is 7.56. The van der Waals surface area contributed by atoms with Crippen LogP contribution in [-0.2, 0) is 5.92 Å². The Kier molecular flexibility index (Phi) is 3.00. The van der Waals surface area contributed by atoms with Crippen molar-refractivity contribution in [1.82, 2.24) is 0 Å². The lowest BCUT2D eigenvalue weighted by molar-refractivity contribution is 0.00559. The van der Waals surface area contributed by atoms with E-state index in [1.165, 1.54) is 7.11 Å². The van der Waals surface area contributed by atoms with Crippen molar-refractivity contribution in [2.24, 2.45) is 5.73 Å². The van der Waals surface area contributed by atoms with Gasteiger partial charge in [-0.05, 0) is 18.2 Å². The van der Waals surface area contributed by atoms with Gasteiger partial charge in [-0.25, -0.2) is 4.39 Å². The lowest BCUT2D eigenvalue weighted by atomic mass is 10.1. The predicted molar refractivity (Wildman–Crippen MR) is 45.9 cm³/mol. The number of halogens is 3. The van der Waals surface area contributed by atoms with E-state index in [1.807, 2.05) is 0 Å². The molecule has 2 N–H and O–H groups in total. The molecule has 0 aliphatic carbocycles. The number of benzene rings is 1. The van der Waals surface area contributed by atoms with Gasteiger partial charge in [-0.1, -0.05) is 0 Å². The Morgan fingerprint density at radius 1 is 1.43 bits per heavy atom. The van der Waals surface area contributed by atoms with Gasteiger partial charge in [0, 0.05) is 5.56 Å². The summed E-state index contributed by atoms with van der Waals surface area (Å²) in [6.45, 7) is -0.848. The van der Waals surface area contributed by atoms with Gasteiger partial charge in [0.15, 0.2) is 11.6 Å². The third-order valence-electron chi connectivity index (χ3n) is 1.83. The number of rotatable bonds is 3. The van der Waals surface area contributed by atoms with Crippen LogP contribution < -0.4 is 10.5 Å². The van der Waals surface area contributed by atoms with E-state index in [0.29, 0.717) is 0 Å². The summed E-state index contributed by atoms with van der Waals surface area (Å²) >= 11 is 0. The fourth-order valence-corrected chi connectivity index (χ4v) is 1.01. The van der Waals surface area contributed by atoms with Crippen molar-refractivity contribution in [3.05, 3.63) is 29.6 Å². The summed E-state index contributed by atoms with van der Waals surface area (Å²) in [4.78, 5) is 0. The first-order chi connectivity index (χ1) is 6.51. The van der Waals surface area contributed by atoms with E-state index >= 15 is 0 Å². The Balaban J connectivity index is 3.08. The molecule has 78 valence electrons. The maximum absolute atomic E-state index is 13.0. The van der Waals surface area contributed by atoms with Crippen molar-refractivity contribution in [3.8, 4) is 5.75 Å². The maximum atomic E-state index is 13.0. The minimum Gasteiger partial charge on any atom is -0.494 e. The molecule has 1 aromatic carbocycles. The van der Waals surface area contributed by atoms with Crippen molar-refractivity contribution in [3.63, 3.8) is 0 Å². The van der Waals surface area contributed by atoms with E-state index in [-0.39, 0.29) is 5.75 Å². The van der Waals surface area contributed by atoms with Crippen LogP contribution in [0.25, 0.3) is 0 Å². The molecule has 2 nitrogen and oxygen atoms in total. The van der Waals surface area contributed by atoms with Crippen molar-refractivity contribution in [2.45, 2.75) is 5.92 Å². The van der Waals surface area contributed by atoms with Gasteiger partial charge in [0.1, 0.15) is 0 Å². The van der Waals surface area contributed by atoms with Gasteiger partial charge >= 0.3 is 0 Å². The second-order valence-corrected chi connectivity index (χ2v) is 2.76. The number of methoxy groups -OCH3 is 1. The minimum atomic E-state index is -3.20. The molecule has 0 fully saturated rings. The summed E-state index contributed by atoms with van der Waals surface area (Å²) in [5.74, 6) is -4.09. The Bertz CT molecular complexity index is 328. The summed E-state index contributed by atoms with van der Waals surface area (Å²) in [6, 6.07) is 2.97. The molecular formula is C9H10F3NO. The molecule has 1 aromatic rings. The van der Waals surface area contributed by atoms with Gasteiger partial charge in [0.25, 0.3) is 5.92 Å². The van der Waals surface area contributed by atoms with Crippen LogP contribution >= 0.6 is 0 Å². The van der Waals surface area contributed by atoms with Crippen molar-refractivity contribution in [1.29, 1.82) is 0 Å². The SMILES string of the molecule is COc1ccc(C(F)(F)CN)cc1F. The average molecular weight is 205 g/mol. The Hall–Kier alpha value is -1.23. The number of hydrogen-bond donors (Lipinski definition) is 1. The Morgan fingerprint density at radius 2 is 2.07 bits per heavy atom. The van der Waals surface area contributed by atoms with E-state index in [0.717, 1.165) is 18.2 Å². The summed E-state index contributed by atoms with van der Waals surface area (Å²) in [6.07, 6.45) is 0. The third kappa shape index (κ3) is 1.98. The fourth-order valence-electron chi connectivity index (χ4n) is 1.01. The van der Waals surface area contributed by atoms with E-state index in [2.05, 4.69) is 4.74 Å². The van der Waals surface area contributed by atoms with Crippen LogP contribution in [0.3, 0.4) is 0 Å². The standard InChI is InChI=1S/C9H10F3NO/c1-14-8-3-2-6(4-7(8)10)9(11,12)5-13/h2-4H,5,13H2,1H3. The molecule has 0 aliphatic heterocycles. The van der Waals surface area contributed by atoms with Gasteiger partial charge < -0.3 is 10.5 Å². The first kappa shape index (κ1) is 10.8. The normalized spacial score (nSPS) is 11.5. The second kappa shape index (κ2) is 3.88. The molecule has 0 aliphatic rings. The van der Waals surface area contributed by atoms with E-state index in [9.17, 15) is 13.2 Å². The highest BCUT2D eigenvalue weighted by Crippen LogP contribution is 2.29. The van der Waals surface area contributed by atoms with Crippen molar-refractivity contribution in [2.75, 3.05) is 13.7 Å². The van der Waals surface area contributed by atoms with E-state index < -0.39 is 23.8 Å². The highest BCUT2D eigenvalue weighted by Gasteiger charge is 2.30. The van der Waals surface area contributed by atoms with Crippen LogP contribution in [0.2, 0.25) is 0 Å². The van der Waals surface area contributed by atoms with Crippen LogP contribution in [0.15, 0.2) is 18.2 Å². The molecular weight excluding hydrogens is 195 g/mol. The molecule has 0 saturated heterocycles. The molecule has 14 heavy (non-hydrogen) atoms. The highest BCUT2D eigenvalue weighted by atomic mass is 19.3. The quantitative estimate of drug-likeness (QED) is 0.817. The molecule has 0 unspecified atom stereocenters. The first-order valence-corrected chi connectivity index (χ1v) is 3.93. The highest BCUT2D eigenvalue weighted by molar-refractivity contribution is 5.31. The monoisotopic (exact) mass is 205 g/mol. The van der Waals surface area contributed by atoms with Gasteiger partial charge in [-0.3, -0.25) is 0 Å². The first-order valence-electron chi connectivity index (χ1n) is 3.93. The largest absolute Gasteiger partial charge is 0.494 e. The van der Waals surface area contributed by atoms with Crippen molar-refractivity contribution >= 4 is 0 Å².